The highest BCUT2D eigenvalue weighted by atomic mass is 16.3. The minimum absolute atomic E-state index is 0.0431. The summed E-state index contributed by atoms with van der Waals surface area (Å²) in [5.74, 6) is 0.511. The van der Waals surface area contributed by atoms with Gasteiger partial charge in [0.05, 0.1) is 0 Å². The first-order valence-corrected chi connectivity index (χ1v) is 8.66. The van der Waals surface area contributed by atoms with Crippen LogP contribution in [0.4, 0.5) is 0 Å². The van der Waals surface area contributed by atoms with Crippen LogP contribution in [0.1, 0.15) is 63.0 Å². The van der Waals surface area contributed by atoms with Crippen LogP contribution in [0.5, 0.6) is 11.5 Å². The molecule has 0 amide bonds. The van der Waals surface area contributed by atoms with Crippen LogP contribution >= 0.6 is 0 Å². The topological polar surface area (TPSA) is 40.5 Å². The van der Waals surface area contributed by atoms with E-state index < -0.39 is 0 Å². The second-order valence-electron chi connectivity index (χ2n) is 6.85. The van der Waals surface area contributed by atoms with E-state index in [1.54, 1.807) is 0 Å². The van der Waals surface area contributed by atoms with Gasteiger partial charge in [0.1, 0.15) is 11.5 Å². The first-order valence-electron chi connectivity index (χ1n) is 8.66. The molecule has 0 aromatic heterocycles. The number of allylic oxidation sites excluding steroid dienone is 3. The van der Waals surface area contributed by atoms with E-state index in [0.29, 0.717) is 5.56 Å². The van der Waals surface area contributed by atoms with Crippen LogP contribution in [0.2, 0.25) is 0 Å². The van der Waals surface area contributed by atoms with Crippen LogP contribution in [-0.2, 0) is 6.42 Å². The fourth-order valence-electron chi connectivity index (χ4n) is 3.56. The Morgan fingerprint density at radius 2 is 1.91 bits per heavy atom. The number of aromatic hydroxyl groups is 2. The number of unbranched alkanes of at least 4 members (excludes halogenated alkanes) is 2. The minimum Gasteiger partial charge on any atom is -0.507 e. The van der Waals surface area contributed by atoms with Crippen molar-refractivity contribution in [3.8, 4) is 11.5 Å². The van der Waals surface area contributed by atoms with Gasteiger partial charge in [0.25, 0.3) is 0 Å². The molecule has 2 nitrogen and oxygen atoms in total. The Morgan fingerprint density at radius 3 is 2.48 bits per heavy atom. The van der Waals surface area contributed by atoms with Crippen molar-refractivity contribution in [1.82, 2.24) is 0 Å². The maximum absolute atomic E-state index is 10.5. The predicted molar refractivity (Wildman–Crippen MR) is 96.7 cm³/mol. The smallest absolute Gasteiger partial charge is 0.123 e. The zero-order chi connectivity index (χ0) is 17.0. The molecule has 0 saturated heterocycles. The molecule has 1 aromatic rings. The highest BCUT2D eigenvalue weighted by Gasteiger charge is 2.28. The Bertz CT molecular complexity index is 575. The van der Waals surface area contributed by atoms with E-state index in [-0.39, 0.29) is 23.3 Å². The zero-order valence-electron chi connectivity index (χ0n) is 14.4. The van der Waals surface area contributed by atoms with Gasteiger partial charge in [-0.2, -0.15) is 0 Å². The molecule has 0 spiro atoms. The summed E-state index contributed by atoms with van der Waals surface area (Å²) in [6, 6.07) is 3.62. The Morgan fingerprint density at radius 1 is 1.26 bits per heavy atom. The molecule has 0 aliphatic heterocycles. The summed E-state index contributed by atoms with van der Waals surface area (Å²) >= 11 is 0. The number of phenolic OH excluding ortho intramolecular Hbond substituents is 2. The van der Waals surface area contributed by atoms with Crippen LogP contribution in [0.15, 0.2) is 35.9 Å². The average molecular weight is 313 g/mol. The van der Waals surface area contributed by atoms with Gasteiger partial charge >= 0.3 is 0 Å². The summed E-state index contributed by atoms with van der Waals surface area (Å²) in [4.78, 5) is 0. The lowest BCUT2D eigenvalue weighted by molar-refractivity contribution is 0.408. The summed E-state index contributed by atoms with van der Waals surface area (Å²) in [7, 11) is 0. The van der Waals surface area contributed by atoms with Crippen molar-refractivity contribution in [2.24, 2.45) is 5.92 Å². The summed E-state index contributed by atoms with van der Waals surface area (Å²) in [6.07, 6.45) is 8.43. The summed E-state index contributed by atoms with van der Waals surface area (Å²) in [5, 5.41) is 21.1. The predicted octanol–water partition coefficient (Wildman–Crippen LogP) is 5.66. The maximum Gasteiger partial charge on any atom is 0.123 e. The molecule has 0 unspecified atom stereocenters. The number of hydrogen-bond donors (Lipinski definition) is 2. The van der Waals surface area contributed by atoms with Crippen molar-refractivity contribution < 1.29 is 10.2 Å². The van der Waals surface area contributed by atoms with Gasteiger partial charge in [-0.15, -0.1) is 0 Å². The average Bonchev–Trinajstić information content (AvgIpc) is 2.46. The molecule has 2 heteroatoms. The largest absolute Gasteiger partial charge is 0.507 e. The molecule has 1 aliphatic rings. The van der Waals surface area contributed by atoms with Gasteiger partial charge < -0.3 is 10.2 Å². The first-order chi connectivity index (χ1) is 10.9. The molecule has 23 heavy (non-hydrogen) atoms. The molecule has 126 valence electrons. The Labute approximate surface area is 140 Å². The van der Waals surface area contributed by atoms with Gasteiger partial charge in [-0.25, -0.2) is 19.1 Å². The molecular formula is C21H29O2-. The number of phenols is 2. The Balaban J connectivity index is 2.34. The van der Waals surface area contributed by atoms with Crippen LogP contribution in [0, 0.1) is 12.8 Å². The molecule has 0 saturated carbocycles. The van der Waals surface area contributed by atoms with Crippen LogP contribution in [0.3, 0.4) is 0 Å². The molecule has 2 rings (SSSR count). The fraction of sp³-hybridized carbons (Fsp3) is 0.476. The van der Waals surface area contributed by atoms with E-state index in [1.165, 1.54) is 5.57 Å². The van der Waals surface area contributed by atoms with Gasteiger partial charge in [-0.05, 0) is 56.2 Å². The van der Waals surface area contributed by atoms with Gasteiger partial charge in [0.2, 0.25) is 0 Å². The molecule has 0 fully saturated rings. The van der Waals surface area contributed by atoms with E-state index in [4.69, 9.17) is 0 Å². The summed E-state index contributed by atoms with van der Waals surface area (Å²) in [5.41, 5.74) is 3.78. The lowest BCUT2D eigenvalue weighted by Crippen LogP contribution is -2.17. The van der Waals surface area contributed by atoms with Crippen LogP contribution < -0.4 is 0 Å². The lowest BCUT2D eigenvalue weighted by atomic mass is 9.73. The first kappa shape index (κ1) is 17.5. The molecule has 2 N–H and O–H groups in total. The number of aryl methyl sites for hydroxylation is 1. The fourth-order valence-corrected chi connectivity index (χ4v) is 3.56. The zero-order valence-corrected chi connectivity index (χ0v) is 14.4. The summed E-state index contributed by atoms with van der Waals surface area (Å²) in [6.45, 7) is 12.3. The van der Waals surface area contributed by atoms with Crippen molar-refractivity contribution in [3.63, 3.8) is 0 Å². The van der Waals surface area contributed by atoms with E-state index in [9.17, 15) is 10.2 Å². The third-order valence-electron chi connectivity index (χ3n) is 4.87. The van der Waals surface area contributed by atoms with E-state index >= 15 is 0 Å². The number of rotatable bonds is 6. The van der Waals surface area contributed by atoms with Gasteiger partial charge in [0, 0.05) is 11.5 Å². The van der Waals surface area contributed by atoms with Crippen molar-refractivity contribution in [2.75, 3.05) is 0 Å². The lowest BCUT2D eigenvalue weighted by Gasteiger charge is -2.34. The van der Waals surface area contributed by atoms with E-state index in [0.717, 1.165) is 49.7 Å². The van der Waals surface area contributed by atoms with Crippen LogP contribution in [0.25, 0.3) is 0 Å². The monoisotopic (exact) mass is 313 g/mol. The third-order valence-corrected chi connectivity index (χ3v) is 4.87. The second kappa shape index (κ2) is 7.63. The molecule has 2 atom stereocenters. The highest BCUT2D eigenvalue weighted by Crippen LogP contribution is 2.46. The Hall–Kier alpha value is -1.83. The molecular weight excluding hydrogens is 284 g/mol. The molecule has 0 heterocycles. The van der Waals surface area contributed by atoms with Crippen LogP contribution in [-0.4, -0.2) is 10.2 Å². The molecule has 0 bridgehead atoms. The number of benzene rings is 1. The minimum atomic E-state index is -0.0431. The normalized spacial score (nSPS) is 21.0. The van der Waals surface area contributed by atoms with Gasteiger partial charge in [0.15, 0.2) is 0 Å². The van der Waals surface area contributed by atoms with Crippen molar-refractivity contribution in [3.05, 3.63) is 54.0 Å². The van der Waals surface area contributed by atoms with Gasteiger partial charge in [-0.3, -0.25) is 0 Å². The second-order valence-corrected chi connectivity index (χ2v) is 6.85. The molecule has 0 radical (unpaired) electrons. The molecule has 1 aromatic carbocycles. The quantitative estimate of drug-likeness (QED) is 0.404. The van der Waals surface area contributed by atoms with Crippen molar-refractivity contribution in [2.45, 2.75) is 58.3 Å². The maximum atomic E-state index is 10.5. The number of hydrogen-bond acceptors (Lipinski definition) is 2. The highest BCUT2D eigenvalue weighted by molar-refractivity contribution is 5.52. The van der Waals surface area contributed by atoms with E-state index in [1.807, 2.05) is 12.1 Å². The van der Waals surface area contributed by atoms with Crippen molar-refractivity contribution >= 4 is 0 Å². The SMILES string of the molecule is C=C([CH2-])[C@@H]1CCC(C)=C[C@H]1c1c(O)cc(CCCCC)cc1O. The standard InChI is InChI=1S/C21H29O2/c1-5-6-7-8-16-12-19(22)21(20(23)13-16)18-11-15(4)9-10-17(18)14(2)3/h11-13,17-18,22-23H,2-3,5-10H2,1,4H3/q-1/t17-,18+/m0/s1. The van der Waals surface area contributed by atoms with Crippen molar-refractivity contribution in [1.29, 1.82) is 0 Å². The summed E-state index contributed by atoms with van der Waals surface area (Å²) < 4.78 is 0. The molecule has 1 aliphatic carbocycles. The third kappa shape index (κ3) is 4.13. The van der Waals surface area contributed by atoms with Gasteiger partial charge in [-0.1, -0.05) is 31.4 Å². The van der Waals surface area contributed by atoms with E-state index in [2.05, 4.69) is 33.4 Å². The Kier molecular flexibility index (Phi) is 5.81.